The minimum absolute atomic E-state index is 0.00331. The molecule has 1 aromatic heterocycles. The highest BCUT2D eigenvalue weighted by molar-refractivity contribution is 6.42. The fourth-order valence-electron chi connectivity index (χ4n) is 1.30. The van der Waals surface area contributed by atoms with Crippen LogP contribution in [-0.4, -0.2) is 4.98 Å². The largest absolute Gasteiger partial charge is 0.395 e. The smallest absolute Gasteiger partial charge is 0.236 e. The van der Waals surface area contributed by atoms with Gasteiger partial charge in [-0.1, -0.05) is 29.3 Å². The Kier molecular flexibility index (Phi) is 2.99. The molecule has 0 unspecified atom stereocenters. The molecule has 16 heavy (non-hydrogen) atoms. The van der Waals surface area contributed by atoms with Gasteiger partial charge in [0, 0.05) is 11.8 Å². The highest BCUT2D eigenvalue weighted by Gasteiger charge is 2.05. The molecule has 0 saturated heterocycles. The van der Waals surface area contributed by atoms with E-state index < -0.39 is 5.95 Å². The summed E-state index contributed by atoms with van der Waals surface area (Å²) in [4.78, 5) is 3.54. The highest BCUT2D eigenvalue weighted by Crippen LogP contribution is 2.29. The van der Waals surface area contributed by atoms with E-state index in [4.69, 9.17) is 28.9 Å². The Hall–Kier alpha value is -1.32. The lowest BCUT2D eigenvalue weighted by atomic mass is 10.1. The molecule has 0 atom stereocenters. The van der Waals surface area contributed by atoms with E-state index in [0.29, 0.717) is 15.6 Å². The summed E-state index contributed by atoms with van der Waals surface area (Å²) in [5, 5.41) is 0.899. The zero-order chi connectivity index (χ0) is 11.7. The first-order valence-electron chi connectivity index (χ1n) is 4.44. The molecule has 0 amide bonds. The van der Waals surface area contributed by atoms with E-state index in [1.165, 1.54) is 12.3 Å². The van der Waals surface area contributed by atoms with Crippen LogP contribution in [0.1, 0.15) is 0 Å². The van der Waals surface area contributed by atoms with Crippen molar-refractivity contribution < 1.29 is 4.39 Å². The molecule has 1 aromatic carbocycles. The summed E-state index contributed by atoms with van der Waals surface area (Å²) in [7, 11) is 0. The first-order chi connectivity index (χ1) is 7.58. The van der Waals surface area contributed by atoms with Crippen LogP contribution in [0, 0.1) is 5.95 Å². The molecule has 0 spiro atoms. The van der Waals surface area contributed by atoms with E-state index in [-0.39, 0.29) is 5.69 Å². The molecule has 0 aliphatic carbocycles. The second-order valence-corrected chi connectivity index (χ2v) is 4.05. The van der Waals surface area contributed by atoms with Crippen LogP contribution in [0.4, 0.5) is 10.1 Å². The fraction of sp³-hybridized carbons (Fsp3) is 0. The number of pyridine rings is 1. The number of halogens is 3. The first kappa shape index (κ1) is 11.2. The summed E-state index contributed by atoms with van der Waals surface area (Å²) in [6.45, 7) is 0. The minimum Gasteiger partial charge on any atom is -0.395 e. The van der Waals surface area contributed by atoms with Crippen molar-refractivity contribution in [3.05, 3.63) is 46.5 Å². The van der Waals surface area contributed by atoms with Crippen LogP contribution in [0.3, 0.4) is 0 Å². The number of nitrogens with zero attached hydrogens (tertiary/aromatic N) is 1. The predicted molar refractivity (Wildman–Crippen MR) is 64.1 cm³/mol. The van der Waals surface area contributed by atoms with Crippen molar-refractivity contribution in [3.63, 3.8) is 0 Å². The number of benzene rings is 1. The zero-order valence-electron chi connectivity index (χ0n) is 8.05. The Labute approximate surface area is 102 Å². The first-order valence-corrected chi connectivity index (χ1v) is 5.20. The van der Waals surface area contributed by atoms with Gasteiger partial charge in [0.1, 0.15) is 0 Å². The van der Waals surface area contributed by atoms with E-state index in [1.54, 1.807) is 18.2 Å². The summed E-state index contributed by atoms with van der Waals surface area (Å²) in [5.41, 5.74) is 6.91. The van der Waals surface area contributed by atoms with Gasteiger partial charge in [0.05, 0.1) is 15.7 Å². The summed E-state index contributed by atoms with van der Waals surface area (Å²) in [6.07, 6.45) is 1.39. The monoisotopic (exact) mass is 256 g/mol. The number of nitrogen functional groups attached to an aromatic ring is 1. The maximum atomic E-state index is 12.9. The Balaban J connectivity index is 2.50. The van der Waals surface area contributed by atoms with Crippen molar-refractivity contribution in [2.45, 2.75) is 0 Å². The molecule has 0 fully saturated rings. The van der Waals surface area contributed by atoms with Crippen molar-refractivity contribution in [1.82, 2.24) is 4.98 Å². The number of anilines is 1. The number of hydrogen-bond acceptors (Lipinski definition) is 2. The van der Waals surface area contributed by atoms with Gasteiger partial charge in [-0.3, -0.25) is 0 Å². The van der Waals surface area contributed by atoms with Crippen LogP contribution >= 0.6 is 23.2 Å². The van der Waals surface area contributed by atoms with Gasteiger partial charge < -0.3 is 5.73 Å². The van der Waals surface area contributed by atoms with E-state index in [9.17, 15) is 4.39 Å². The third kappa shape index (κ3) is 2.10. The number of rotatable bonds is 1. The SMILES string of the molecule is Nc1cc(-c2ccc(Cl)c(Cl)c2)cnc1F. The molecule has 1 heterocycles. The number of aromatic nitrogens is 1. The van der Waals surface area contributed by atoms with Crippen molar-refractivity contribution in [3.8, 4) is 11.1 Å². The van der Waals surface area contributed by atoms with Crippen molar-refractivity contribution >= 4 is 28.9 Å². The van der Waals surface area contributed by atoms with E-state index in [2.05, 4.69) is 4.98 Å². The van der Waals surface area contributed by atoms with Gasteiger partial charge in [-0.25, -0.2) is 4.98 Å². The lowest BCUT2D eigenvalue weighted by Gasteiger charge is -2.04. The van der Waals surface area contributed by atoms with Crippen LogP contribution in [0.5, 0.6) is 0 Å². The van der Waals surface area contributed by atoms with E-state index in [1.807, 2.05) is 0 Å². The van der Waals surface area contributed by atoms with Crippen LogP contribution in [0.15, 0.2) is 30.5 Å². The molecule has 2 aromatic rings. The standard InChI is InChI=1S/C11H7Cl2FN2/c12-8-2-1-6(3-9(8)13)7-4-10(15)11(14)16-5-7/h1-5H,15H2. The molecule has 2 N–H and O–H groups in total. The van der Waals surface area contributed by atoms with Gasteiger partial charge in [0.2, 0.25) is 5.95 Å². The highest BCUT2D eigenvalue weighted by atomic mass is 35.5. The fourth-order valence-corrected chi connectivity index (χ4v) is 1.60. The average molecular weight is 257 g/mol. The molecule has 0 aliphatic rings. The molecule has 0 saturated carbocycles. The zero-order valence-corrected chi connectivity index (χ0v) is 9.56. The number of nitrogens with two attached hydrogens (primary N) is 1. The van der Waals surface area contributed by atoms with Gasteiger partial charge in [-0.15, -0.1) is 0 Å². The van der Waals surface area contributed by atoms with Gasteiger partial charge in [-0.2, -0.15) is 4.39 Å². The quantitative estimate of drug-likeness (QED) is 0.789. The molecule has 82 valence electrons. The third-order valence-corrected chi connectivity index (χ3v) is 2.86. The molecular formula is C11H7Cl2FN2. The Morgan fingerprint density at radius 1 is 1.06 bits per heavy atom. The maximum absolute atomic E-state index is 12.9. The molecule has 0 bridgehead atoms. The normalized spacial score (nSPS) is 10.4. The second-order valence-electron chi connectivity index (χ2n) is 3.23. The Bertz CT molecular complexity index is 494. The molecule has 2 nitrogen and oxygen atoms in total. The minimum atomic E-state index is -0.677. The summed E-state index contributed by atoms with van der Waals surface area (Å²) in [5.74, 6) is -0.677. The summed E-state index contributed by atoms with van der Waals surface area (Å²) in [6, 6.07) is 6.61. The lowest BCUT2D eigenvalue weighted by Crippen LogP contribution is -1.94. The Morgan fingerprint density at radius 2 is 1.81 bits per heavy atom. The van der Waals surface area contributed by atoms with E-state index in [0.717, 1.165) is 5.56 Å². The average Bonchev–Trinajstić information content (AvgIpc) is 2.26. The van der Waals surface area contributed by atoms with E-state index >= 15 is 0 Å². The van der Waals surface area contributed by atoms with Crippen molar-refractivity contribution in [2.75, 3.05) is 5.73 Å². The second kappa shape index (κ2) is 4.28. The molecular weight excluding hydrogens is 250 g/mol. The number of hydrogen-bond donors (Lipinski definition) is 1. The predicted octanol–water partition coefficient (Wildman–Crippen LogP) is 3.78. The summed E-state index contributed by atoms with van der Waals surface area (Å²) >= 11 is 11.7. The summed E-state index contributed by atoms with van der Waals surface area (Å²) < 4.78 is 12.9. The molecule has 5 heteroatoms. The Morgan fingerprint density at radius 3 is 2.44 bits per heavy atom. The van der Waals surface area contributed by atoms with Gasteiger partial charge in [0.15, 0.2) is 0 Å². The van der Waals surface area contributed by atoms with Crippen molar-refractivity contribution in [2.24, 2.45) is 0 Å². The topological polar surface area (TPSA) is 38.9 Å². The molecule has 0 radical (unpaired) electrons. The maximum Gasteiger partial charge on any atom is 0.236 e. The molecule has 0 aliphatic heterocycles. The third-order valence-electron chi connectivity index (χ3n) is 2.12. The van der Waals surface area contributed by atoms with Crippen LogP contribution in [0.25, 0.3) is 11.1 Å². The molecule has 2 rings (SSSR count). The van der Waals surface area contributed by atoms with Crippen LogP contribution in [0.2, 0.25) is 10.0 Å². The van der Waals surface area contributed by atoms with Crippen LogP contribution < -0.4 is 5.73 Å². The van der Waals surface area contributed by atoms with Gasteiger partial charge >= 0.3 is 0 Å². The van der Waals surface area contributed by atoms with Crippen LogP contribution in [-0.2, 0) is 0 Å². The van der Waals surface area contributed by atoms with Gasteiger partial charge in [0.25, 0.3) is 0 Å². The van der Waals surface area contributed by atoms with Gasteiger partial charge in [-0.05, 0) is 23.8 Å². The lowest BCUT2D eigenvalue weighted by molar-refractivity contribution is 0.589. The van der Waals surface area contributed by atoms with Crippen molar-refractivity contribution in [1.29, 1.82) is 0 Å².